The van der Waals surface area contributed by atoms with Gasteiger partial charge in [-0.3, -0.25) is 10.9 Å². The molecule has 0 saturated carbocycles. The quantitative estimate of drug-likeness (QED) is 0.283. The first kappa shape index (κ1) is 24.7. The second-order valence-corrected chi connectivity index (χ2v) is 10.2. The van der Waals surface area contributed by atoms with Crippen molar-refractivity contribution in [2.75, 3.05) is 22.6 Å². The lowest BCUT2D eigenvalue weighted by molar-refractivity contribution is 0.0500. The van der Waals surface area contributed by atoms with Crippen LogP contribution in [0.4, 0.5) is 17.1 Å². The van der Waals surface area contributed by atoms with Gasteiger partial charge in [0, 0.05) is 5.56 Å². The number of benzene rings is 2. The van der Waals surface area contributed by atoms with E-state index >= 15 is 0 Å². The van der Waals surface area contributed by atoms with Gasteiger partial charge in [0.05, 0.1) is 23.5 Å². The molecule has 6 nitrogen and oxygen atoms in total. The third-order valence-electron chi connectivity index (χ3n) is 7.06. The van der Waals surface area contributed by atoms with Crippen LogP contribution in [0, 0.1) is 0 Å². The van der Waals surface area contributed by atoms with Gasteiger partial charge < -0.3 is 9.84 Å². The van der Waals surface area contributed by atoms with Crippen molar-refractivity contribution >= 4 is 23.0 Å². The lowest BCUT2D eigenvalue weighted by atomic mass is 9.76. The smallest absolute Gasteiger partial charge is 0.338 e. The average Bonchev–Trinajstić information content (AvgIpc) is 3.22. The Kier molecular flexibility index (Phi) is 7.15. The average molecular weight is 454 g/mol. The molecule has 0 aliphatic carbocycles. The van der Waals surface area contributed by atoms with E-state index in [0.717, 1.165) is 42.6 Å². The van der Waals surface area contributed by atoms with Crippen molar-refractivity contribution in [2.24, 2.45) is 0 Å². The molecule has 1 heterocycles. The molecule has 0 spiro atoms. The van der Waals surface area contributed by atoms with Crippen molar-refractivity contribution in [3.8, 4) is 5.75 Å². The van der Waals surface area contributed by atoms with Crippen molar-refractivity contribution in [1.29, 1.82) is 0 Å². The third kappa shape index (κ3) is 5.05. The number of carbonyl (C=O) groups excluding carboxylic acids is 1. The van der Waals surface area contributed by atoms with Crippen molar-refractivity contribution in [3.63, 3.8) is 0 Å². The van der Waals surface area contributed by atoms with Gasteiger partial charge in [0.25, 0.3) is 0 Å². The number of phenols is 1. The molecule has 3 rings (SSSR count). The molecule has 6 heteroatoms. The highest BCUT2D eigenvalue weighted by Crippen LogP contribution is 2.45. The molecule has 3 N–H and O–H groups in total. The number of phenolic OH excluding ortho intramolecular Hbond substituents is 1. The number of carbonyl (C=O) groups is 1. The second-order valence-electron chi connectivity index (χ2n) is 10.2. The number of nitrogens with one attached hydrogen (secondary N) is 2. The SMILES string of the molecule is CCCCOC(=O)c1ccc2c(c1)NN(c1cc(C(C)(C)CC)cc(C(C)(C)CC)c1O)N2. The van der Waals surface area contributed by atoms with Gasteiger partial charge in [-0.2, -0.15) is 5.12 Å². The number of esters is 1. The second kappa shape index (κ2) is 9.54. The minimum atomic E-state index is -0.326. The van der Waals surface area contributed by atoms with E-state index in [9.17, 15) is 9.90 Å². The van der Waals surface area contributed by atoms with Crippen LogP contribution in [0.25, 0.3) is 0 Å². The molecular weight excluding hydrogens is 414 g/mol. The van der Waals surface area contributed by atoms with E-state index in [4.69, 9.17) is 4.74 Å². The summed E-state index contributed by atoms with van der Waals surface area (Å²) in [7, 11) is 0. The molecule has 0 saturated heterocycles. The predicted octanol–water partition coefficient (Wildman–Crippen LogP) is 6.90. The van der Waals surface area contributed by atoms with Crippen molar-refractivity contribution in [3.05, 3.63) is 47.0 Å². The van der Waals surface area contributed by atoms with Crippen LogP contribution in [-0.2, 0) is 15.6 Å². The number of hydrogen-bond acceptors (Lipinski definition) is 6. The van der Waals surface area contributed by atoms with Crippen LogP contribution < -0.4 is 16.0 Å². The fourth-order valence-corrected chi connectivity index (χ4v) is 3.73. The maximum absolute atomic E-state index is 12.4. The summed E-state index contributed by atoms with van der Waals surface area (Å²) >= 11 is 0. The number of fused-ring (bicyclic) bond motifs is 1. The monoisotopic (exact) mass is 453 g/mol. The molecule has 0 radical (unpaired) electrons. The van der Waals surface area contributed by atoms with E-state index < -0.39 is 0 Å². The van der Waals surface area contributed by atoms with Gasteiger partial charge in [0.2, 0.25) is 0 Å². The van der Waals surface area contributed by atoms with Crippen molar-refractivity contribution < 1.29 is 14.6 Å². The van der Waals surface area contributed by atoms with Crippen molar-refractivity contribution in [2.45, 2.75) is 85.0 Å². The van der Waals surface area contributed by atoms with Crippen LogP contribution in [0.5, 0.6) is 5.75 Å². The number of anilines is 3. The molecule has 1 aliphatic heterocycles. The first-order valence-electron chi connectivity index (χ1n) is 12.1. The van der Waals surface area contributed by atoms with Crippen LogP contribution in [0.3, 0.4) is 0 Å². The number of nitrogens with zero attached hydrogens (tertiary/aromatic N) is 1. The Morgan fingerprint density at radius 2 is 1.64 bits per heavy atom. The Morgan fingerprint density at radius 1 is 0.970 bits per heavy atom. The van der Waals surface area contributed by atoms with Gasteiger partial charge >= 0.3 is 5.97 Å². The third-order valence-corrected chi connectivity index (χ3v) is 7.06. The summed E-state index contributed by atoms with van der Waals surface area (Å²) in [4.78, 5) is 12.4. The molecule has 0 atom stereocenters. The Hall–Kier alpha value is -2.89. The lowest BCUT2D eigenvalue weighted by Crippen LogP contribution is -2.31. The first-order valence-corrected chi connectivity index (χ1v) is 12.1. The fourth-order valence-electron chi connectivity index (χ4n) is 3.73. The normalized spacial score (nSPS) is 13.4. The Balaban J connectivity index is 1.96. The molecule has 2 aromatic carbocycles. The van der Waals surface area contributed by atoms with Gasteiger partial charge in [0.15, 0.2) is 0 Å². The van der Waals surface area contributed by atoms with E-state index in [-0.39, 0.29) is 22.5 Å². The first-order chi connectivity index (χ1) is 15.5. The summed E-state index contributed by atoms with van der Waals surface area (Å²) in [5.41, 5.74) is 11.3. The Morgan fingerprint density at radius 3 is 2.27 bits per heavy atom. The van der Waals surface area contributed by atoms with E-state index in [1.165, 1.54) is 5.56 Å². The van der Waals surface area contributed by atoms with Gasteiger partial charge in [-0.25, -0.2) is 4.79 Å². The molecule has 2 aromatic rings. The molecule has 0 fully saturated rings. The molecule has 1 aliphatic rings. The molecular formula is C27H39N3O3. The van der Waals surface area contributed by atoms with Crippen LogP contribution in [-0.4, -0.2) is 17.7 Å². The number of unbranched alkanes of at least 4 members (excludes halogenated alkanes) is 1. The molecule has 0 amide bonds. The topological polar surface area (TPSA) is 73.8 Å². The number of hydrogen-bond donors (Lipinski definition) is 3. The van der Waals surface area contributed by atoms with Gasteiger partial charge in [-0.1, -0.05) is 61.0 Å². The van der Waals surface area contributed by atoms with Gasteiger partial charge in [-0.05, 0) is 59.9 Å². The number of rotatable bonds is 9. The molecule has 180 valence electrons. The molecule has 0 bridgehead atoms. The molecule has 0 unspecified atom stereocenters. The van der Waals surface area contributed by atoms with Crippen LogP contribution in [0.2, 0.25) is 0 Å². The van der Waals surface area contributed by atoms with E-state index in [1.807, 2.05) is 12.1 Å². The van der Waals surface area contributed by atoms with Gasteiger partial charge in [0.1, 0.15) is 11.4 Å². The minimum Gasteiger partial charge on any atom is -0.505 e. The van der Waals surface area contributed by atoms with E-state index in [2.05, 4.69) is 65.4 Å². The van der Waals surface area contributed by atoms with Crippen molar-refractivity contribution in [1.82, 2.24) is 0 Å². The zero-order valence-electron chi connectivity index (χ0n) is 21.1. The Bertz CT molecular complexity index is 1010. The maximum Gasteiger partial charge on any atom is 0.338 e. The molecule has 0 aromatic heterocycles. The number of aromatic hydroxyl groups is 1. The predicted molar refractivity (Wildman–Crippen MR) is 136 cm³/mol. The summed E-state index contributed by atoms with van der Waals surface area (Å²) in [6.45, 7) is 15.6. The van der Waals surface area contributed by atoms with E-state index in [0.29, 0.717) is 17.9 Å². The van der Waals surface area contributed by atoms with Gasteiger partial charge in [-0.15, -0.1) is 0 Å². The van der Waals surface area contributed by atoms with Crippen LogP contribution >= 0.6 is 0 Å². The van der Waals surface area contributed by atoms with E-state index in [1.54, 1.807) is 17.3 Å². The highest BCUT2D eigenvalue weighted by atomic mass is 16.5. The number of hydrazine groups is 2. The summed E-state index contributed by atoms with van der Waals surface area (Å²) in [5.74, 6) is -0.0717. The van der Waals surface area contributed by atoms with Crippen LogP contribution in [0.15, 0.2) is 30.3 Å². The highest BCUT2D eigenvalue weighted by molar-refractivity contribution is 5.93. The lowest BCUT2D eigenvalue weighted by Gasteiger charge is -2.32. The zero-order valence-corrected chi connectivity index (χ0v) is 21.1. The highest BCUT2D eigenvalue weighted by Gasteiger charge is 2.31. The summed E-state index contributed by atoms with van der Waals surface area (Å²) in [5, 5.41) is 13.1. The standard InChI is InChI=1S/C27H39N3O3/c1-8-11-14-33-25(32)18-12-13-21-22(15-18)29-30(28-21)23-17-19(26(4,5)9-2)16-20(24(23)31)27(6,7)10-3/h12-13,15-17,28-29,31H,8-11,14H2,1-7H3. The summed E-state index contributed by atoms with van der Waals surface area (Å²) in [6, 6.07) is 9.59. The summed E-state index contributed by atoms with van der Waals surface area (Å²) in [6.07, 6.45) is 3.71. The minimum absolute atomic E-state index is 0.0387. The number of ether oxygens (including phenoxy) is 1. The zero-order chi connectivity index (χ0) is 24.4. The molecule has 33 heavy (non-hydrogen) atoms. The Labute approximate surface area is 198 Å². The maximum atomic E-state index is 12.4. The summed E-state index contributed by atoms with van der Waals surface area (Å²) < 4.78 is 5.35. The fraction of sp³-hybridized carbons (Fsp3) is 0.519. The van der Waals surface area contributed by atoms with Crippen LogP contribution in [0.1, 0.15) is 95.6 Å². The largest absolute Gasteiger partial charge is 0.505 e.